The quantitative estimate of drug-likeness (QED) is 0.921. The topological polar surface area (TPSA) is 63.3 Å². The van der Waals surface area contributed by atoms with Crippen LogP contribution in [0.1, 0.15) is 50.3 Å². The molecule has 3 aliphatic heterocycles. The van der Waals surface area contributed by atoms with Crippen LogP contribution < -0.4 is 0 Å². The van der Waals surface area contributed by atoms with Crippen LogP contribution in [0, 0.1) is 0 Å². The van der Waals surface area contributed by atoms with Crippen LogP contribution in [-0.2, 0) is 9.47 Å². The first-order valence-corrected chi connectivity index (χ1v) is 8.66. The highest BCUT2D eigenvalue weighted by Gasteiger charge is 2.41. The van der Waals surface area contributed by atoms with E-state index in [1.807, 2.05) is 0 Å². The number of ether oxygens (including phenoxy) is 2. The molecule has 1 aromatic rings. The van der Waals surface area contributed by atoms with Crippen LogP contribution in [0.3, 0.4) is 0 Å². The number of likely N-dealkylation sites (tertiary alicyclic amines) is 1. The Labute approximate surface area is 131 Å². The number of nitrogens with one attached hydrogen (secondary N) is 1. The molecule has 3 aliphatic rings. The third-order valence-electron chi connectivity index (χ3n) is 5.61. The van der Waals surface area contributed by atoms with Gasteiger partial charge in [-0.3, -0.25) is 5.10 Å². The summed E-state index contributed by atoms with van der Waals surface area (Å²) in [5, 5.41) is 6.99. The Balaban J connectivity index is 1.25. The summed E-state index contributed by atoms with van der Waals surface area (Å²) in [6.45, 7) is 5.11. The summed E-state index contributed by atoms with van der Waals surface area (Å²) in [7, 11) is 0. The lowest BCUT2D eigenvalue weighted by Crippen LogP contribution is -2.41. The van der Waals surface area contributed by atoms with Gasteiger partial charge in [0, 0.05) is 25.7 Å². The van der Waals surface area contributed by atoms with E-state index in [9.17, 15) is 0 Å². The van der Waals surface area contributed by atoms with Crippen molar-refractivity contribution in [3.8, 4) is 0 Å². The van der Waals surface area contributed by atoms with Gasteiger partial charge in [-0.1, -0.05) is 0 Å². The third-order valence-corrected chi connectivity index (χ3v) is 5.61. The van der Waals surface area contributed by atoms with Crippen molar-refractivity contribution in [1.82, 2.24) is 20.1 Å². The second kappa shape index (κ2) is 6.26. The first kappa shape index (κ1) is 14.6. The summed E-state index contributed by atoms with van der Waals surface area (Å²) in [4.78, 5) is 6.87. The zero-order valence-corrected chi connectivity index (χ0v) is 13.2. The predicted molar refractivity (Wildman–Crippen MR) is 81.7 cm³/mol. The minimum Gasteiger partial charge on any atom is -0.381 e. The molecule has 0 aliphatic carbocycles. The Morgan fingerprint density at radius 2 is 2.00 bits per heavy atom. The molecule has 0 aromatic carbocycles. The number of nitrogens with zero attached hydrogens (tertiary/aromatic N) is 3. The van der Waals surface area contributed by atoms with Gasteiger partial charge in [0.05, 0.1) is 11.7 Å². The lowest BCUT2D eigenvalue weighted by molar-refractivity contribution is -0.108. The lowest BCUT2D eigenvalue weighted by Gasteiger charge is -2.35. The molecule has 22 heavy (non-hydrogen) atoms. The molecule has 0 bridgehead atoms. The lowest BCUT2D eigenvalue weighted by atomic mass is 9.91. The number of piperidine rings is 1. The van der Waals surface area contributed by atoms with Crippen molar-refractivity contribution in [2.75, 3.05) is 32.8 Å². The van der Waals surface area contributed by atoms with Gasteiger partial charge in [-0.05, 0) is 51.6 Å². The van der Waals surface area contributed by atoms with E-state index in [2.05, 4.69) is 20.1 Å². The molecule has 1 unspecified atom stereocenters. The molecule has 0 amide bonds. The van der Waals surface area contributed by atoms with Crippen LogP contribution in [0.4, 0.5) is 0 Å². The molecule has 3 fully saturated rings. The largest absolute Gasteiger partial charge is 0.381 e. The van der Waals surface area contributed by atoms with Crippen LogP contribution in [0.2, 0.25) is 0 Å². The average molecular weight is 306 g/mol. The second-order valence-electron chi connectivity index (χ2n) is 7.02. The van der Waals surface area contributed by atoms with Gasteiger partial charge in [-0.2, -0.15) is 5.10 Å². The number of hydrogen-bond acceptors (Lipinski definition) is 5. The van der Waals surface area contributed by atoms with Gasteiger partial charge in [-0.15, -0.1) is 0 Å². The smallest absolute Gasteiger partial charge is 0.137 e. The average Bonchev–Trinajstić information content (AvgIpc) is 3.20. The molecule has 6 nitrogen and oxygen atoms in total. The highest BCUT2D eigenvalue weighted by atomic mass is 16.5. The van der Waals surface area contributed by atoms with E-state index in [0.29, 0.717) is 12.0 Å². The van der Waals surface area contributed by atoms with Gasteiger partial charge in [-0.25, -0.2) is 4.98 Å². The first-order chi connectivity index (χ1) is 10.8. The molecule has 4 rings (SSSR count). The Hall–Kier alpha value is -0.980. The zero-order valence-electron chi connectivity index (χ0n) is 13.2. The maximum atomic E-state index is 6.44. The highest BCUT2D eigenvalue weighted by molar-refractivity contribution is 4.97. The summed E-state index contributed by atoms with van der Waals surface area (Å²) in [6.07, 6.45) is 8.95. The van der Waals surface area contributed by atoms with Crippen LogP contribution in [0.25, 0.3) is 0 Å². The van der Waals surface area contributed by atoms with E-state index in [4.69, 9.17) is 9.47 Å². The number of rotatable bonds is 3. The van der Waals surface area contributed by atoms with Gasteiger partial charge < -0.3 is 14.4 Å². The van der Waals surface area contributed by atoms with E-state index in [1.54, 1.807) is 6.33 Å². The molecular weight excluding hydrogens is 280 g/mol. The summed E-state index contributed by atoms with van der Waals surface area (Å²) >= 11 is 0. The van der Waals surface area contributed by atoms with Gasteiger partial charge in [0.1, 0.15) is 12.2 Å². The molecule has 1 aromatic heterocycles. The Kier molecular flexibility index (Phi) is 4.15. The molecule has 122 valence electrons. The fourth-order valence-electron chi connectivity index (χ4n) is 4.22. The van der Waals surface area contributed by atoms with Crippen LogP contribution >= 0.6 is 0 Å². The van der Waals surface area contributed by atoms with Gasteiger partial charge in [0.15, 0.2) is 0 Å². The van der Waals surface area contributed by atoms with E-state index < -0.39 is 0 Å². The maximum Gasteiger partial charge on any atom is 0.137 e. The third kappa shape index (κ3) is 3.05. The summed E-state index contributed by atoms with van der Waals surface area (Å²) in [5.41, 5.74) is 0.140. The fourth-order valence-corrected chi connectivity index (χ4v) is 4.22. The molecular formula is C16H26N4O2. The standard InChI is InChI=1S/C16H26N4O2/c1-4-16(5-9-21-10-6-16)22-14(1)11-20-7-2-13(3-8-20)15-17-12-18-19-15/h12-14H,1-11H2,(H,17,18,19). The Morgan fingerprint density at radius 3 is 2.73 bits per heavy atom. The summed E-state index contributed by atoms with van der Waals surface area (Å²) in [6, 6.07) is 0. The van der Waals surface area contributed by atoms with Crippen LogP contribution in [0.15, 0.2) is 6.33 Å². The highest BCUT2D eigenvalue weighted by Crippen LogP contribution is 2.38. The normalized spacial score (nSPS) is 30.1. The number of aromatic nitrogens is 3. The van der Waals surface area contributed by atoms with Crippen molar-refractivity contribution in [1.29, 1.82) is 0 Å². The molecule has 3 saturated heterocycles. The maximum absolute atomic E-state index is 6.44. The minimum absolute atomic E-state index is 0.140. The Bertz CT molecular complexity index is 465. The molecule has 1 atom stereocenters. The van der Waals surface area contributed by atoms with Gasteiger partial charge in [0.25, 0.3) is 0 Å². The van der Waals surface area contributed by atoms with Crippen molar-refractivity contribution >= 4 is 0 Å². The van der Waals surface area contributed by atoms with Gasteiger partial charge >= 0.3 is 0 Å². The van der Waals surface area contributed by atoms with Crippen LogP contribution in [-0.4, -0.2) is 64.6 Å². The first-order valence-electron chi connectivity index (χ1n) is 8.66. The van der Waals surface area contributed by atoms with E-state index >= 15 is 0 Å². The molecule has 4 heterocycles. The van der Waals surface area contributed by atoms with Crippen molar-refractivity contribution in [2.24, 2.45) is 0 Å². The van der Waals surface area contributed by atoms with Gasteiger partial charge in [0.2, 0.25) is 0 Å². The Morgan fingerprint density at radius 1 is 1.18 bits per heavy atom. The molecule has 0 saturated carbocycles. The SMILES string of the molecule is c1n[nH]c(C2CCN(CC3CCC4(CCOCC4)O3)CC2)n1. The fraction of sp³-hybridized carbons (Fsp3) is 0.875. The summed E-state index contributed by atoms with van der Waals surface area (Å²) in [5.74, 6) is 1.60. The predicted octanol–water partition coefficient (Wildman–Crippen LogP) is 1.71. The van der Waals surface area contributed by atoms with E-state index in [-0.39, 0.29) is 5.60 Å². The molecule has 0 radical (unpaired) electrons. The number of hydrogen-bond donors (Lipinski definition) is 1. The molecule has 1 spiro atoms. The van der Waals surface area contributed by atoms with E-state index in [0.717, 1.165) is 51.5 Å². The number of H-pyrrole nitrogens is 1. The number of aromatic amines is 1. The molecule has 1 N–H and O–H groups in total. The monoisotopic (exact) mass is 306 g/mol. The second-order valence-corrected chi connectivity index (χ2v) is 7.02. The molecule has 6 heteroatoms. The van der Waals surface area contributed by atoms with Crippen molar-refractivity contribution in [3.05, 3.63) is 12.2 Å². The zero-order chi connectivity index (χ0) is 14.8. The van der Waals surface area contributed by atoms with Crippen molar-refractivity contribution in [2.45, 2.75) is 56.1 Å². The van der Waals surface area contributed by atoms with Crippen molar-refractivity contribution < 1.29 is 9.47 Å². The minimum atomic E-state index is 0.140. The van der Waals surface area contributed by atoms with E-state index in [1.165, 1.54) is 25.7 Å². The summed E-state index contributed by atoms with van der Waals surface area (Å²) < 4.78 is 11.9. The van der Waals surface area contributed by atoms with Crippen molar-refractivity contribution in [3.63, 3.8) is 0 Å². The van der Waals surface area contributed by atoms with Crippen LogP contribution in [0.5, 0.6) is 0 Å².